The molecule has 1 saturated carbocycles. The average molecular weight is 379 g/mol. The molecular weight excluding hydrogens is 352 g/mol. The van der Waals surface area contributed by atoms with Gasteiger partial charge in [0.05, 0.1) is 0 Å². The summed E-state index contributed by atoms with van der Waals surface area (Å²) >= 11 is 3.39. The molecule has 0 aliphatic heterocycles. The fourth-order valence-corrected chi connectivity index (χ4v) is 3.36. The Morgan fingerprint density at radius 2 is 1.48 bits per heavy atom. The number of amides is 1. The van der Waals surface area contributed by atoms with Crippen molar-refractivity contribution < 1.29 is 4.79 Å². The fraction of sp³-hybridized carbons (Fsp3) is 0.579. The van der Waals surface area contributed by atoms with Gasteiger partial charge in [-0.15, -0.1) is 0 Å². The van der Waals surface area contributed by atoms with Crippen molar-refractivity contribution in [2.45, 2.75) is 70.6 Å². The van der Waals surface area contributed by atoms with Gasteiger partial charge >= 0.3 is 0 Å². The molecule has 0 bridgehead atoms. The van der Waals surface area contributed by atoms with Crippen LogP contribution in [0.1, 0.15) is 81.0 Å². The smallest absolute Gasteiger partial charge is 0.267 e. The van der Waals surface area contributed by atoms with Crippen molar-refractivity contribution >= 4 is 27.5 Å². The Morgan fingerprint density at radius 1 is 0.913 bits per heavy atom. The second-order valence-corrected chi connectivity index (χ2v) is 7.23. The van der Waals surface area contributed by atoms with Crippen LogP contribution in [0.25, 0.3) is 0 Å². The van der Waals surface area contributed by atoms with Crippen LogP contribution in [0.4, 0.5) is 0 Å². The van der Waals surface area contributed by atoms with Crippen LogP contribution >= 0.6 is 15.9 Å². The third-order valence-corrected chi connectivity index (χ3v) is 4.83. The van der Waals surface area contributed by atoms with E-state index in [0.29, 0.717) is 5.56 Å². The van der Waals surface area contributed by atoms with Crippen molar-refractivity contribution in [3.05, 3.63) is 34.3 Å². The minimum Gasteiger partial charge on any atom is -0.267 e. The highest BCUT2D eigenvalue weighted by Crippen LogP contribution is 2.15. The van der Waals surface area contributed by atoms with E-state index in [1.165, 1.54) is 57.8 Å². The molecule has 1 amide bonds. The summed E-state index contributed by atoms with van der Waals surface area (Å²) in [6.45, 7) is 0. The average Bonchev–Trinajstić information content (AvgIpc) is 2.54. The first-order chi connectivity index (χ1) is 11.3. The van der Waals surface area contributed by atoms with Gasteiger partial charge in [0.2, 0.25) is 0 Å². The number of halogens is 1. The van der Waals surface area contributed by atoms with E-state index in [1.54, 1.807) is 6.07 Å². The molecule has 1 fully saturated rings. The number of carbonyl (C=O) groups excluding carboxylic acids is 1. The molecule has 2 rings (SSSR count). The molecule has 1 aliphatic carbocycles. The Balaban J connectivity index is 1.90. The number of benzene rings is 1. The zero-order valence-corrected chi connectivity index (χ0v) is 15.4. The van der Waals surface area contributed by atoms with Crippen LogP contribution in [-0.4, -0.2) is 11.6 Å². The molecule has 126 valence electrons. The highest BCUT2D eigenvalue weighted by Gasteiger charge is 2.07. The lowest BCUT2D eigenvalue weighted by Crippen LogP contribution is -2.20. The molecule has 3 nitrogen and oxygen atoms in total. The summed E-state index contributed by atoms with van der Waals surface area (Å²) in [5.74, 6) is -0.134. The molecule has 1 aliphatic rings. The van der Waals surface area contributed by atoms with Gasteiger partial charge in [-0.1, -0.05) is 66.9 Å². The van der Waals surface area contributed by atoms with E-state index in [4.69, 9.17) is 0 Å². The quantitative estimate of drug-likeness (QED) is 0.645. The van der Waals surface area contributed by atoms with Gasteiger partial charge in [-0.3, -0.25) is 4.79 Å². The van der Waals surface area contributed by atoms with Crippen LogP contribution in [0, 0.1) is 0 Å². The lowest BCUT2D eigenvalue weighted by Gasteiger charge is -2.10. The summed E-state index contributed by atoms with van der Waals surface area (Å²) < 4.78 is 0.906. The van der Waals surface area contributed by atoms with Gasteiger partial charge in [0.25, 0.3) is 5.91 Å². The zero-order chi connectivity index (χ0) is 16.3. The molecule has 0 aromatic heterocycles. The first-order valence-electron chi connectivity index (χ1n) is 8.87. The number of nitrogens with one attached hydrogen (secondary N) is 1. The van der Waals surface area contributed by atoms with Crippen LogP contribution in [0.3, 0.4) is 0 Å². The fourth-order valence-electron chi connectivity index (χ4n) is 2.96. The van der Waals surface area contributed by atoms with Crippen molar-refractivity contribution in [1.29, 1.82) is 0 Å². The van der Waals surface area contributed by atoms with Gasteiger partial charge in [0.1, 0.15) is 0 Å². The summed E-state index contributed by atoms with van der Waals surface area (Å²) in [5, 5.41) is 4.42. The Labute approximate surface area is 148 Å². The van der Waals surface area contributed by atoms with E-state index in [0.717, 1.165) is 23.0 Å². The number of hydrogen-bond donors (Lipinski definition) is 1. The number of hydrogen-bond acceptors (Lipinski definition) is 2. The van der Waals surface area contributed by atoms with E-state index in [1.807, 2.05) is 18.2 Å². The largest absolute Gasteiger partial charge is 0.271 e. The van der Waals surface area contributed by atoms with Crippen LogP contribution in [-0.2, 0) is 0 Å². The molecular formula is C19H27BrN2O. The molecule has 1 aromatic carbocycles. The predicted molar refractivity (Wildman–Crippen MR) is 99.8 cm³/mol. The minimum atomic E-state index is -0.134. The summed E-state index contributed by atoms with van der Waals surface area (Å²) in [5.41, 5.74) is 4.52. The topological polar surface area (TPSA) is 41.5 Å². The van der Waals surface area contributed by atoms with Gasteiger partial charge < -0.3 is 0 Å². The van der Waals surface area contributed by atoms with Crippen molar-refractivity contribution in [3.63, 3.8) is 0 Å². The van der Waals surface area contributed by atoms with Gasteiger partial charge in [-0.25, -0.2) is 5.43 Å². The lowest BCUT2D eigenvalue weighted by atomic mass is 10.00. The maximum absolute atomic E-state index is 12.2. The monoisotopic (exact) mass is 378 g/mol. The molecule has 4 heteroatoms. The van der Waals surface area contributed by atoms with Crippen molar-refractivity contribution in [2.24, 2.45) is 5.10 Å². The second-order valence-electron chi connectivity index (χ2n) is 6.31. The molecule has 0 saturated heterocycles. The Kier molecular flexibility index (Phi) is 8.37. The van der Waals surface area contributed by atoms with E-state index in [2.05, 4.69) is 26.5 Å². The van der Waals surface area contributed by atoms with Gasteiger partial charge in [0.15, 0.2) is 0 Å². The van der Waals surface area contributed by atoms with Crippen LogP contribution in [0.15, 0.2) is 33.8 Å². The summed E-state index contributed by atoms with van der Waals surface area (Å²) in [6.07, 6.45) is 13.7. The van der Waals surface area contributed by atoms with Gasteiger partial charge in [-0.2, -0.15) is 5.10 Å². The third kappa shape index (κ3) is 7.30. The Hall–Kier alpha value is -1.16. The number of rotatable bonds is 2. The van der Waals surface area contributed by atoms with Crippen LogP contribution in [0.2, 0.25) is 0 Å². The first-order valence-corrected chi connectivity index (χ1v) is 9.66. The van der Waals surface area contributed by atoms with Crippen LogP contribution < -0.4 is 5.43 Å². The van der Waals surface area contributed by atoms with E-state index in [-0.39, 0.29) is 5.91 Å². The molecule has 0 atom stereocenters. The Bertz CT molecular complexity index is 514. The van der Waals surface area contributed by atoms with Crippen LogP contribution in [0.5, 0.6) is 0 Å². The first kappa shape index (κ1) is 18.2. The lowest BCUT2D eigenvalue weighted by molar-refractivity contribution is 0.0954. The molecule has 0 heterocycles. The zero-order valence-electron chi connectivity index (χ0n) is 13.8. The molecule has 0 unspecified atom stereocenters. The molecule has 1 aromatic rings. The van der Waals surface area contributed by atoms with Crippen molar-refractivity contribution in [2.75, 3.05) is 0 Å². The van der Waals surface area contributed by atoms with Gasteiger partial charge in [-0.05, 0) is 43.9 Å². The third-order valence-electron chi connectivity index (χ3n) is 4.33. The highest BCUT2D eigenvalue weighted by atomic mass is 79.9. The molecule has 23 heavy (non-hydrogen) atoms. The van der Waals surface area contributed by atoms with Crippen molar-refractivity contribution in [3.8, 4) is 0 Å². The minimum absolute atomic E-state index is 0.134. The normalized spacial score (nSPS) is 17.7. The highest BCUT2D eigenvalue weighted by molar-refractivity contribution is 9.10. The van der Waals surface area contributed by atoms with Crippen molar-refractivity contribution in [1.82, 2.24) is 5.43 Å². The number of hydrazone groups is 1. The summed E-state index contributed by atoms with van der Waals surface area (Å²) in [4.78, 5) is 12.2. The van der Waals surface area contributed by atoms with E-state index in [9.17, 15) is 4.79 Å². The SMILES string of the molecule is O=C(NN=C1CCCCCCCCCCC1)c1cccc(Br)c1. The van der Waals surface area contributed by atoms with E-state index < -0.39 is 0 Å². The number of nitrogens with zero attached hydrogens (tertiary/aromatic N) is 1. The van der Waals surface area contributed by atoms with Gasteiger partial charge in [0, 0.05) is 15.7 Å². The maximum atomic E-state index is 12.2. The standard InChI is InChI=1S/C19H27BrN2O/c20-17-12-10-11-16(15-17)19(23)22-21-18-13-8-6-4-2-1-3-5-7-9-14-18/h10-12,15H,1-9,13-14H2,(H,22,23). The van der Waals surface area contributed by atoms with E-state index >= 15 is 0 Å². The maximum Gasteiger partial charge on any atom is 0.271 e. The number of carbonyl (C=O) groups is 1. The molecule has 0 spiro atoms. The molecule has 0 radical (unpaired) electrons. The Morgan fingerprint density at radius 3 is 2.04 bits per heavy atom. The summed E-state index contributed by atoms with van der Waals surface area (Å²) in [6, 6.07) is 7.40. The summed E-state index contributed by atoms with van der Waals surface area (Å²) in [7, 11) is 0. The second kappa shape index (κ2) is 10.6. The molecule has 1 N–H and O–H groups in total. The predicted octanol–water partition coefficient (Wildman–Crippen LogP) is 5.84.